The van der Waals surface area contributed by atoms with Gasteiger partial charge in [0.15, 0.2) is 11.6 Å². The fraction of sp³-hybridized carbons (Fsp3) is 0.600. The molecule has 1 aromatic carbocycles. The van der Waals surface area contributed by atoms with Gasteiger partial charge in [0, 0.05) is 19.8 Å². The molecule has 0 fully saturated rings. The molecule has 0 amide bonds. The number of hydrogen-bond donors (Lipinski definition) is 1. The first kappa shape index (κ1) is 15.9. The summed E-state index contributed by atoms with van der Waals surface area (Å²) in [6, 6.07) is 5.20. The van der Waals surface area contributed by atoms with Gasteiger partial charge in [0.1, 0.15) is 6.10 Å². The van der Waals surface area contributed by atoms with Gasteiger partial charge in [0.25, 0.3) is 0 Å². The van der Waals surface area contributed by atoms with E-state index in [-0.39, 0.29) is 11.9 Å². The van der Waals surface area contributed by atoms with Crippen LogP contribution in [0.15, 0.2) is 18.2 Å². The number of aryl methyl sites for hydroxylation is 1. The molecule has 1 N–H and O–H groups in total. The summed E-state index contributed by atoms with van der Waals surface area (Å²) in [6.45, 7) is 8.75. The molecule has 0 heterocycles. The van der Waals surface area contributed by atoms with Crippen molar-refractivity contribution in [2.24, 2.45) is 0 Å². The third kappa shape index (κ3) is 6.03. The van der Waals surface area contributed by atoms with E-state index in [4.69, 9.17) is 9.47 Å². The number of halogens is 1. The van der Waals surface area contributed by atoms with Crippen molar-refractivity contribution < 1.29 is 13.9 Å². The Morgan fingerprint density at radius 1 is 1.37 bits per heavy atom. The zero-order valence-electron chi connectivity index (χ0n) is 12.0. The minimum absolute atomic E-state index is 0.0663. The second kappa shape index (κ2) is 8.88. The highest BCUT2D eigenvalue weighted by Crippen LogP contribution is 2.20. The third-order valence-electron chi connectivity index (χ3n) is 2.76. The Morgan fingerprint density at radius 2 is 2.16 bits per heavy atom. The summed E-state index contributed by atoms with van der Waals surface area (Å²) in [5, 5.41) is 3.27. The van der Waals surface area contributed by atoms with E-state index in [1.165, 1.54) is 0 Å². The molecule has 0 aliphatic carbocycles. The van der Waals surface area contributed by atoms with E-state index >= 15 is 0 Å². The Balaban J connectivity index is 2.23. The van der Waals surface area contributed by atoms with E-state index in [0.29, 0.717) is 17.9 Å². The van der Waals surface area contributed by atoms with Crippen molar-refractivity contribution in [1.29, 1.82) is 0 Å². The van der Waals surface area contributed by atoms with Crippen molar-refractivity contribution >= 4 is 0 Å². The lowest BCUT2D eigenvalue weighted by atomic mass is 10.2. The van der Waals surface area contributed by atoms with Gasteiger partial charge in [-0.05, 0) is 45.4 Å². The van der Waals surface area contributed by atoms with Crippen molar-refractivity contribution in [3.8, 4) is 5.75 Å². The van der Waals surface area contributed by atoms with Gasteiger partial charge in [-0.25, -0.2) is 4.39 Å². The van der Waals surface area contributed by atoms with Crippen molar-refractivity contribution in [3.63, 3.8) is 0 Å². The van der Waals surface area contributed by atoms with Crippen LogP contribution in [0.25, 0.3) is 0 Å². The highest BCUT2D eigenvalue weighted by molar-refractivity contribution is 5.30. The standard InChI is InChI=1S/C15H24FNO2/c1-4-18-10-6-9-17-11-13(3)19-14-8-5-7-12(2)15(14)16/h5,7-8,13,17H,4,6,9-11H2,1-3H3. The average Bonchev–Trinajstić information content (AvgIpc) is 2.39. The number of nitrogens with one attached hydrogen (secondary N) is 1. The lowest BCUT2D eigenvalue weighted by Gasteiger charge is -2.16. The summed E-state index contributed by atoms with van der Waals surface area (Å²) < 4.78 is 24.6. The maximum absolute atomic E-state index is 13.7. The van der Waals surface area contributed by atoms with Gasteiger partial charge < -0.3 is 14.8 Å². The lowest BCUT2D eigenvalue weighted by Crippen LogP contribution is -2.30. The topological polar surface area (TPSA) is 30.5 Å². The van der Waals surface area contributed by atoms with Crippen molar-refractivity contribution in [3.05, 3.63) is 29.6 Å². The normalized spacial score (nSPS) is 12.4. The average molecular weight is 269 g/mol. The van der Waals surface area contributed by atoms with Crippen LogP contribution in [0.1, 0.15) is 25.8 Å². The number of rotatable bonds is 9. The van der Waals surface area contributed by atoms with Crippen molar-refractivity contribution in [2.45, 2.75) is 33.3 Å². The fourth-order valence-corrected chi connectivity index (χ4v) is 1.72. The van der Waals surface area contributed by atoms with E-state index < -0.39 is 0 Å². The second-order valence-corrected chi connectivity index (χ2v) is 4.57. The van der Waals surface area contributed by atoms with Crippen LogP contribution in [0.2, 0.25) is 0 Å². The van der Waals surface area contributed by atoms with Gasteiger partial charge in [0.2, 0.25) is 0 Å². The van der Waals surface area contributed by atoms with Gasteiger partial charge >= 0.3 is 0 Å². The molecule has 0 aliphatic rings. The van der Waals surface area contributed by atoms with Crippen molar-refractivity contribution in [1.82, 2.24) is 5.32 Å². The minimum atomic E-state index is -0.273. The van der Waals surface area contributed by atoms with E-state index in [0.717, 1.165) is 26.2 Å². The quantitative estimate of drug-likeness (QED) is 0.699. The molecule has 1 atom stereocenters. The van der Waals surface area contributed by atoms with Crippen LogP contribution in [0.4, 0.5) is 4.39 Å². The fourth-order valence-electron chi connectivity index (χ4n) is 1.72. The smallest absolute Gasteiger partial charge is 0.167 e. The molecule has 0 spiro atoms. The Labute approximate surface area is 115 Å². The molecule has 1 rings (SSSR count). The van der Waals surface area contributed by atoms with E-state index in [1.54, 1.807) is 25.1 Å². The van der Waals surface area contributed by atoms with Crippen LogP contribution in [-0.4, -0.2) is 32.4 Å². The van der Waals surface area contributed by atoms with E-state index in [2.05, 4.69) is 5.32 Å². The monoisotopic (exact) mass is 269 g/mol. The molecular formula is C15H24FNO2. The summed E-state index contributed by atoms with van der Waals surface area (Å²) in [6.07, 6.45) is 0.905. The first-order chi connectivity index (χ1) is 9.15. The summed E-state index contributed by atoms with van der Waals surface area (Å²) in [4.78, 5) is 0. The maximum Gasteiger partial charge on any atom is 0.167 e. The van der Waals surface area contributed by atoms with Crippen LogP contribution < -0.4 is 10.1 Å². The predicted octanol–water partition coefficient (Wildman–Crippen LogP) is 2.92. The molecule has 0 saturated carbocycles. The molecule has 0 aromatic heterocycles. The molecule has 0 radical (unpaired) electrons. The number of hydrogen-bond acceptors (Lipinski definition) is 3. The van der Waals surface area contributed by atoms with Crippen LogP contribution >= 0.6 is 0 Å². The molecule has 3 nitrogen and oxygen atoms in total. The zero-order valence-corrected chi connectivity index (χ0v) is 12.0. The number of benzene rings is 1. The third-order valence-corrected chi connectivity index (χ3v) is 2.76. The molecule has 4 heteroatoms. The van der Waals surface area contributed by atoms with Crippen LogP contribution in [0, 0.1) is 12.7 Å². The Hall–Kier alpha value is -1.13. The van der Waals surface area contributed by atoms with Crippen LogP contribution in [0.5, 0.6) is 5.75 Å². The molecule has 1 aromatic rings. The largest absolute Gasteiger partial charge is 0.486 e. The van der Waals surface area contributed by atoms with Gasteiger partial charge in [-0.2, -0.15) is 0 Å². The summed E-state index contributed by atoms with van der Waals surface area (Å²) in [5.41, 5.74) is 0.606. The first-order valence-electron chi connectivity index (χ1n) is 6.85. The molecule has 0 saturated heterocycles. The molecule has 19 heavy (non-hydrogen) atoms. The first-order valence-corrected chi connectivity index (χ1v) is 6.85. The lowest BCUT2D eigenvalue weighted by molar-refractivity contribution is 0.143. The van der Waals surface area contributed by atoms with Crippen LogP contribution in [0.3, 0.4) is 0 Å². The highest BCUT2D eigenvalue weighted by atomic mass is 19.1. The minimum Gasteiger partial charge on any atom is -0.486 e. The van der Waals surface area contributed by atoms with Gasteiger partial charge in [-0.3, -0.25) is 0 Å². The molecule has 0 bridgehead atoms. The Bertz CT molecular complexity index is 371. The number of ether oxygens (including phenoxy) is 2. The highest BCUT2D eigenvalue weighted by Gasteiger charge is 2.09. The van der Waals surface area contributed by atoms with E-state index in [1.807, 2.05) is 13.8 Å². The Kier molecular flexibility index (Phi) is 7.45. The summed E-state index contributed by atoms with van der Waals surface area (Å²) in [7, 11) is 0. The molecule has 1 unspecified atom stereocenters. The second-order valence-electron chi connectivity index (χ2n) is 4.57. The SMILES string of the molecule is CCOCCCNCC(C)Oc1cccc(C)c1F. The van der Waals surface area contributed by atoms with Gasteiger partial charge in [0.05, 0.1) is 0 Å². The van der Waals surface area contributed by atoms with Gasteiger partial charge in [-0.1, -0.05) is 12.1 Å². The zero-order chi connectivity index (χ0) is 14.1. The molecule has 0 aliphatic heterocycles. The van der Waals surface area contributed by atoms with Crippen LogP contribution in [-0.2, 0) is 4.74 Å². The van der Waals surface area contributed by atoms with Gasteiger partial charge in [-0.15, -0.1) is 0 Å². The molecular weight excluding hydrogens is 245 g/mol. The molecule has 108 valence electrons. The summed E-state index contributed by atoms with van der Waals surface area (Å²) in [5.74, 6) is 0.0503. The summed E-state index contributed by atoms with van der Waals surface area (Å²) >= 11 is 0. The van der Waals surface area contributed by atoms with Crippen molar-refractivity contribution in [2.75, 3.05) is 26.3 Å². The predicted molar refractivity (Wildman–Crippen MR) is 75.2 cm³/mol. The maximum atomic E-state index is 13.7. The van der Waals surface area contributed by atoms with E-state index in [9.17, 15) is 4.39 Å². The Morgan fingerprint density at radius 3 is 2.89 bits per heavy atom.